The number of nitrogens with one attached hydrogen (secondary N) is 1. The fourth-order valence-electron chi connectivity index (χ4n) is 1.89. The van der Waals surface area contributed by atoms with E-state index in [2.05, 4.69) is 5.32 Å². The third kappa shape index (κ3) is 6.60. The van der Waals surface area contributed by atoms with Gasteiger partial charge in [-0.1, -0.05) is 0 Å². The number of aromatic carboxylic acids is 1. The highest BCUT2D eigenvalue weighted by Crippen LogP contribution is 2.28. The van der Waals surface area contributed by atoms with Crippen molar-refractivity contribution in [1.82, 2.24) is 5.32 Å². The number of carboxylic acid groups (broad SMARTS) is 1. The van der Waals surface area contributed by atoms with Crippen molar-refractivity contribution in [2.45, 2.75) is 19.3 Å². The molecule has 1 aromatic carbocycles. The summed E-state index contributed by atoms with van der Waals surface area (Å²) in [6.07, 6.45) is 3.69. The Bertz CT molecular complexity index is 428. The molecule has 0 aromatic heterocycles. The molecule has 1 aliphatic carbocycles. The van der Waals surface area contributed by atoms with E-state index in [0.29, 0.717) is 12.4 Å². The molecule has 0 spiro atoms. The zero-order chi connectivity index (χ0) is 14.9. The number of carbonyl (C=O) groups is 1. The fourth-order valence-corrected chi connectivity index (χ4v) is 1.89. The standard InChI is InChI=1S/C16H23NO4/c18-16(19)14-4-6-15(7-5-14)21-11-9-17-8-1-10-20-12-13-2-3-13/h4-7,13,17H,1-3,8-12H2,(H,18,19). The first-order valence-electron chi connectivity index (χ1n) is 7.50. The Hall–Kier alpha value is -1.59. The molecule has 0 aliphatic heterocycles. The lowest BCUT2D eigenvalue weighted by Gasteiger charge is -2.08. The molecule has 5 nitrogen and oxygen atoms in total. The van der Waals surface area contributed by atoms with Gasteiger partial charge in [0, 0.05) is 19.8 Å². The van der Waals surface area contributed by atoms with Crippen molar-refractivity contribution in [3.05, 3.63) is 29.8 Å². The molecule has 0 saturated heterocycles. The third-order valence-electron chi connectivity index (χ3n) is 3.34. The summed E-state index contributed by atoms with van der Waals surface area (Å²) in [4.78, 5) is 10.7. The number of ether oxygens (including phenoxy) is 2. The molecular formula is C16H23NO4. The second-order valence-electron chi connectivity index (χ2n) is 5.30. The number of rotatable bonds is 11. The van der Waals surface area contributed by atoms with Gasteiger partial charge in [0.1, 0.15) is 12.4 Å². The van der Waals surface area contributed by atoms with Crippen molar-refractivity contribution in [3.63, 3.8) is 0 Å². The molecule has 2 N–H and O–H groups in total. The highest BCUT2D eigenvalue weighted by molar-refractivity contribution is 5.87. The molecule has 1 aliphatic rings. The van der Waals surface area contributed by atoms with E-state index in [-0.39, 0.29) is 5.56 Å². The van der Waals surface area contributed by atoms with Gasteiger partial charge in [0.25, 0.3) is 0 Å². The predicted octanol–water partition coefficient (Wildman–Crippen LogP) is 2.17. The monoisotopic (exact) mass is 293 g/mol. The van der Waals surface area contributed by atoms with E-state index in [9.17, 15) is 4.79 Å². The fraction of sp³-hybridized carbons (Fsp3) is 0.562. The summed E-state index contributed by atoms with van der Waals surface area (Å²) >= 11 is 0. The summed E-state index contributed by atoms with van der Waals surface area (Å²) in [5.74, 6) is 0.598. The van der Waals surface area contributed by atoms with Gasteiger partial charge in [-0.15, -0.1) is 0 Å². The Morgan fingerprint density at radius 1 is 1.19 bits per heavy atom. The van der Waals surface area contributed by atoms with Gasteiger partial charge in [-0.05, 0) is 56.0 Å². The first-order valence-corrected chi connectivity index (χ1v) is 7.50. The minimum Gasteiger partial charge on any atom is -0.492 e. The molecule has 0 radical (unpaired) electrons. The topological polar surface area (TPSA) is 67.8 Å². The summed E-state index contributed by atoms with van der Waals surface area (Å²) in [7, 11) is 0. The lowest BCUT2D eigenvalue weighted by atomic mass is 10.2. The van der Waals surface area contributed by atoms with Crippen LogP contribution in [0.2, 0.25) is 0 Å². The number of benzene rings is 1. The molecule has 0 heterocycles. The van der Waals surface area contributed by atoms with E-state index in [4.69, 9.17) is 14.6 Å². The minimum absolute atomic E-state index is 0.270. The third-order valence-corrected chi connectivity index (χ3v) is 3.34. The van der Waals surface area contributed by atoms with Gasteiger partial charge in [0.2, 0.25) is 0 Å². The van der Waals surface area contributed by atoms with Gasteiger partial charge in [-0.3, -0.25) is 0 Å². The molecular weight excluding hydrogens is 270 g/mol. The molecule has 21 heavy (non-hydrogen) atoms. The maximum Gasteiger partial charge on any atom is 0.335 e. The zero-order valence-electron chi connectivity index (χ0n) is 12.2. The van der Waals surface area contributed by atoms with Crippen molar-refractivity contribution < 1.29 is 19.4 Å². The van der Waals surface area contributed by atoms with Crippen LogP contribution in [0.4, 0.5) is 0 Å². The molecule has 0 bridgehead atoms. The molecule has 1 aromatic rings. The Labute approximate surface area is 125 Å². The van der Waals surface area contributed by atoms with E-state index >= 15 is 0 Å². The Kier molecular flexibility index (Phi) is 6.50. The number of hydrogen-bond donors (Lipinski definition) is 2. The van der Waals surface area contributed by atoms with Crippen LogP contribution in [0.3, 0.4) is 0 Å². The maximum absolute atomic E-state index is 10.7. The largest absolute Gasteiger partial charge is 0.492 e. The van der Waals surface area contributed by atoms with Gasteiger partial charge < -0.3 is 19.9 Å². The van der Waals surface area contributed by atoms with Gasteiger partial charge >= 0.3 is 5.97 Å². The Morgan fingerprint density at radius 2 is 1.95 bits per heavy atom. The Balaban J connectivity index is 1.44. The highest BCUT2D eigenvalue weighted by atomic mass is 16.5. The lowest BCUT2D eigenvalue weighted by molar-refractivity contribution is 0.0697. The second-order valence-corrected chi connectivity index (χ2v) is 5.30. The van der Waals surface area contributed by atoms with E-state index in [0.717, 1.165) is 38.6 Å². The second kappa shape index (κ2) is 8.64. The summed E-state index contributed by atoms with van der Waals surface area (Å²) in [6, 6.07) is 6.44. The Morgan fingerprint density at radius 3 is 2.62 bits per heavy atom. The first-order chi connectivity index (χ1) is 10.3. The molecule has 2 rings (SSSR count). The van der Waals surface area contributed by atoms with Crippen LogP contribution in [0.1, 0.15) is 29.6 Å². The number of hydrogen-bond acceptors (Lipinski definition) is 4. The molecule has 5 heteroatoms. The summed E-state index contributed by atoms with van der Waals surface area (Å²) < 4.78 is 11.1. The van der Waals surface area contributed by atoms with Crippen molar-refractivity contribution in [3.8, 4) is 5.75 Å². The molecule has 0 unspecified atom stereocenters. The molecule has 0 amide bonds. The maximum atomic E-state index is 10.7. The smallest absolute Gasteiger partial charge is 0.335 e. The average molecular weight is 293 g/mol. The van der Waals surface area contributed by atoms with Crippen molar-refractivity contribution in [2.24, 2.45) is 5.92 Å². The van der Waals surface area contributed by atoms with Crippen LogP contribution in [0.25, 0.3) is 0 Å². The molecule has 1 fully saturated rings. The first kappa shape index (κ1) is 15.8. The van der Waals surface area contributed by atoms with Crippen LogP contribution < -0.4 is 10.1 Å². The van der Waals surface area contributed by atoms with Crippen molar-refractivity contribution in [2.75, 3.05) is 32.9 Å². The zero-order valence-corrected chi connectivity index (χ0v) is 12.2. The average Bonchev–Trinajstić information content (AvgIpc) is 3.30. The summed E-state index contributed by atoms with van der Waals surface area (Å²) in [5.41, 5.74) is 0.270. The van der Waals surface area contributed by atoms with E-state index in [1.165, 1.54) is 12.8 Å². The van der Waals surface area contributed by atoms with Gasteiger partial charge in [0.05, 0.1) is 5.56 Å². The van der Waals surface area contributed by atoms with E-state index in [1.807, 2.05) is 0 Å². The van der Waals surface area contributed by atoms with Gasteiger partial charge in [-0.25, -0.2) is 4.79 Å². The van der Waals surface area contributed by atoms with E-state index < -0.39 is 5.97 Å². The van der Waals surface area contributed by atoms with Crippen molar-refractivity contribution >= 4 is 5.97 Å². The van der Waals surface area contributed by atoms with Crippen molar-refractivity contribution in [1.29, 1.82) is 0 Å². The van der Waals surface area contributed by atoms with Gasteiger partial charge in [0.15, 0.2) is 0 Å². The molecule has 1 saturated carbocycles. The molecule has 116 valence electrons. The predicted molar refractivity (Wildman–Crippen MR) is 79.9 cm³/mol. The van der Waals surface area contributed by atoms with Crippen LogP contribution in [0.5, 0.6) is 5.75 Å². The van der Waals surface area contributed by atoms with Gasteiger partial charge in [-0.2, -0.15) is 0 Å². The van der Waals surface area contributed by atoms with Crippen LogP contribution >= 0.6 is 0 Å². The lowest BCUT2D eigenvalue weighted by Crippen LogP contribution is -2.23. The van der Waals surface area contributed by atoms with Crippen LogP contribution in [0.15, 0.2) is 24.3 Å². The minimum atomic E-state index is -0.924. The number of carboxylic acids is 1. The van der Waals surface area contributed by atoms with E-state index in [1.54, 1.807) is 24.3 Å². The van der Waals surface area contributed by atoms with Crippen LogP contribution in [0, 0.1) is 5.92 Å². The molecule has 0 atom stereocenters. The summed E-state index contributed by atoms with van der Waals surface area (Å²) in [6.45, 7) is 4.00. The van der Waals surface area contributed by atoms with Crippen LogP contribution in [-0.2, 0) is 4.74 Å². The quantitative estimate of drug-likeness (QED) is 0.612. The van der Waals surface area contributed by atoms with Crippen LogP contribution in [-0.4, -0.2) is 44.0 Å². The summed E-state index contributed by atoms with van der Waals surface area (Å²) in [5, 5.41) is 12.1. The normalized spacial score (nSPS) is 14.1. The SMILES string of the molecule is O=C(O)c1ccc(OCCNCCCOCC2CC2)cc1. The highest BCUT2D eigenvalue weighted by Gasteiger charge is 2.20.